The molecule has 3 aliphatic rings. The zero-order valence-electron chi connectivity index (χ0n) is 40.4. The molecule has 7 rings (SSSR count). The van der Waals surface area contributed by atoms with Crippen molar-refractivity contribution in [2.45, 2.75) is 134 Å². The van der Waals surface area contributed by atoms with E-state index in [2.05, 4.69) is 10.6 Å². The highest BCUT2D eigenvalue weighted by molar-refractivity contribution is 6.04. The van der Waals surface area contributed by atoms with Crippen LogP contribution in [0.3, 0.4) is 0 Å². The van der Waals surface area contributed by atoms with Crippen LogP contribution in [0, 0.1) is 5.92 Å². The number of rotatable bonds is 27. The number of ether oxygens (including phenoxy) is 7. The van der Waals surface area contributed by atoms with Gasteiger partial charge in [-0.25, -0.2) is 0 Å². The number of para-hydroxylation sites is 1. The molecule has 0 aromatic heterocycles. The van der Waals surface area contributed by atoms with Crippen LogP contribution in [0.2, 0.25) is 0 Å². The predicted octanol–water partition coefficient (Wildman–Crippen LogP) is 10.4. The molecule has 0 spiro atoms. The molecule has 3 unspecified atom stereocenters. The summed E-state index contributed by atoms with van der Waals surface area (Å²) in [4.78, 5) is 51.4. The molecule has 2 N–H and O–H groups in total. The van der Waals surface area contributed by atoms with Crippen molar-refractivity contribution in [1.29, 1.82) is 0 Å². The van der Waals surface area contributed by atoms with Crippen LogP contribution in [0.15, 0.2) is 121 Å². The zero-order valence-corrected chi connectivity index (χ0v) is 40.4. The van der Waals surface area contributed by atoms with Gasteiger partial charge in [-0.2, -0.15) is 0 Å². The van der Waals surface area contributed by atoms with Crippen molar-refractivity contribution in [3.05, 3.63) is 138 Å². The summed E-state index contributed by atoms with van der Waals surface area (Å²) in [6.07, 6.45) is 14.7. The molecule has 4 aromatic rings. The second-order valence-electron chi connectivity index (χ2n) is 18.2. The van der Waals surface area contributed by atoms with Crippen LogP contribution in [0.25, 0.3) is 0 Å². The van der Waals surface area contributed by atoms with Crippen molar-refractivity contribution in [2.24, 2.45) is 5.92 Å². The van der Waals surface area contributed by atoms with Crippen LogP contribution in [0.5, 0.6) is 11.5 Å². The van der Waals surface area contributed by atoms with Crippen molar-refractivity contribution in [1.82, 2.24) is 5.32 Å². The van der Waals surface area contributed by atoms with Crippen LogP contribution in [-0.4, -0.2) is 87.4 Å². The lowest BCUT2D eigenvalue weighted by Gasteiger charge is -2.32. The lowest BCUT2D eigenvalue weighted by Crippen LogP contribution is -2.40. The Morgan fingerprint density at radius 3 is 2.10 bits per heavy atom. The van der Waals surface area contributed by atoms with Gasteiger partial charge in [-0.15, -0.1) is 0 Å². The van der Waals surface area contributed by atoms with Crippen molar-refractivity contribution in [2.75, 3.05) is 38.3 Å². The third kappa shape index (κ3) is 17.6. The van der Waals surface area contributed by atoms with Crippen molar-refractivity contribution >= 4 is 29.3 Å². The molecule has 6 atom stereocenters. The number of hydrogen-bond donors (Lipinski definition) is 2. The van der Waals surface area contributed by atoms with Crippen LogP contribution in [0.4, 0.5) is 5.69 Å². The fraction of sp³-hybridized carbons (Fsp3) is 0.474. The van der Waals surface area contributed by atoms with Crippen molar-refractivity contribution in [3.63, 3.8) is 0 Å². The number of carbonyl (C=O) groups excluding carboxylic acids is 4. The van der Waals surface area contributed by atoms with Gasteiger partial charge in [0.2, 0.25) is 0 Å². The van der Waals surface area contributed by atoms with Crippen molar-refractivity contribution < 1.29 is 52.3 Å². The van der Waals surface area contributed by atoms with E-state index < -0.39 is 18.3 Å². The molecule has 0 radical (unpaired) electrons. The molecule has 1 aliphatic carbocycles. The minimum atomic E-state index is -0.477. The number of hydrogen-bond acceptors (Lipinski definition) is 11. The predicted molar refractivity (Wildman–Crippen MR) is 267 cm³/mol. The number of ketones is 1. The second kappa shape index (κ2) is 28.8. The molecule has 13 nitrogen and oxygen atoms in total. The third-order valence-corrected chi connectivity index (χ3v) is 12.8. The first-order valence-corrected chi connectivity index (χ1v) is 25.4. The third-order valence-electron chi connectivity index (χ3n) is 12.8. The first kappa shape index (κ1) is 52.1. The molecule has 13 heteroatoms. The number of unbranched alkanes of at least 4 members (excludes halogenated alkanes) is 3. The Bertz CT molecular complexity index is 2210. The maximum Gasteiger partial charge on any atom is 0.311 e. The summed E-state index contributed by atoms with van der Waals surface area (Å²) >= 11 is 0. The van der Waals surface area contributed by atoms with Gasteiger partial charge in [0.1, 0.15) is 30.0 Å². The number of nitrogens with one attached hydrogen (secondary N) is 2. The van der Waals surface area contributed by atoms with E-state index in [0.29, 0.717) is 61.6 Å². The molecule has 374 valence electrons. The summed E-state index contributed by atoms with van der Waals surface area (Å²) in [5, 5.41) is 5.89. The van der Waals surface area contributed by atoms with E-state index in [9.17, 15) is 19.2 Å². The maximum atomic E-state index is 13.5. The topological polar surface area (TPSA) is 157 Å². The Kier molecular flexibility index (Phi) is 21.5. The fourth-order valence-corrected chi connectivity index (χ4v) is 8.91. The Hall–Kier alpha value is -5.70. The number of esters is 1. The highest BCUT2D eigenvalue weighted by Gasteiger charge is 2.45. The highest BCUT2D eigenvalue weighted by Crippen LogP contribution is 2.34. The van der Waals surface area contributed by atoms with E-state index in [-0.39, 0.29) is 68.1 Å². The largest absolute Gasteiger partial charge is 0.491 e. The number of carbonyl (C=O) groups is 4. The van der Waals surface area contributed by atoms with Crippen LogP contribution in [-0.2, 0) is 39.7 Å². The monoisotopic (exact) mass is 958 g/mol. The number of benzene rings is 4. The number of anilines is 1. The Morgan fingerprint density at radius 2 is 1.37 bits per heavy atom. The van der Waals surface area contributed by atoms with E-state index in [1.807, 2.05) is 97.1 Å². The number of amides is 2. The average molecular weight is 959 g/mol. The molecule has 0 bridgehead atoms. The molecule has 2 heterocycles. The van der Waals surface area contributed by atoms with Gasteiger partial charge in [-0.1, -0.05) is 73.5 Å². The minimum Gasteiger partial charge on any atom is -0.491 e. The molecule has 2 saturated heterocycles. The molecule has 3 fully saturated rings. The lowest BCUT2D eigenvalue weighted by molar-refractivity contribution is -0.226. The van der Waals surface area contributed by atoms with Crippen LogP contribution < -0.4 is 20.1 Å². The number of allylic oxidation sites excluding steroid dienone is 2. The summed E-state index contributed by atoms with van der Waals surface area (Å²) in [5.74, 6) is 0.227. The van der Waals surface area contributed by atoms with Gasteiger partial charge in [0.05, 0.1) is 18.8 Å². The molecular formula is C57H70N2O11. The molecule has 2 aliphatic heterocycles. The van der Waals surface area contributed by atoms with E-state index in [0.717, 1.165) is 76.4 Å². The van der Waals surface area contributed by atoms with E-state index in [1.54, 1.807) is 24.3 Å². The van der Waals surface area contributed by atoms with Gasteiger partial charge >= 0.3 is 5.97 Å². The van der Waals surface area contributed by atoms with Crippen LogP contribution >= 0.6 is 0 Å². The van der Waals surface area contributed by atoms with Gasteiger partial charge in [-0.05, 0) is 143 Å². The van der Waals surface area contributed by atoms with Gasteiger partial charge in [-0.3, -0.25) is 19.2 Å². The molecule has 2 amide bonds. The molecule has 70 heavy (non-hydrogen) atoms. The van der Waals surface area contributed by atoms with Crippen LogP contribution in [0.1, 0.15) is 123 Å². The van der Waals surface area contributed by atoms with E-state index in [4.69, 9.17) is 33.2 Å². The Morgan fingerprint density at radius 1 is 0.686 bits per heavy atom. The molecular weight excluding hydrogens is 889 g/mol. The Balaban J connectivity index is 0.801. The average Bonchev–Trinajstić information content (AvgIpc) is 3.69. The second-order valence-corrected chi connectivity index (χ2v) is 18.2. The molecule has 4 aromatic carbocycles. The van der Waals surface area contributed by atoms with Gasteiger partial charge in [0, 0.05) is 55.3 Å². The summed E-state index contributed by atoms with van der Waals surface area (Å²) < 4.78 is 42.9. The first-order valence-electron chi connectivity index (χ1n) is 25.4. The highest BCUT2D eigenvalue weighted by atomic mass is 16.7. The smallest absolute Gasteiger partial charge is 0.311 e. The minimum absolute atomic E-state index is 0.0383. The van der Waals surface area contributed by atoms with E-state index in [1.165, 1.54) is 5.56 Å². The number of aryl methyl sites for hydroxylation is 1. The van der Waals surface area contributed by atoms with E-state index >= 15 is 0 Å². The van der Waals surface area contributed by atoms with Crippen molar-refractivity contribution in [3.8, 4) is 11.5 Å². The normalized spacial score (nSPS) is 20.7. The standard InChI is InChI=1S/C57H70N2O11/c60-50-39-51(70-54-27-15-18-38-65-54)55(67-41-48(69-53-26-14-17-37-64-53)40-66-46-22-10-6-11-23-46)49(50)24-12-1-2-13-25-52(61)68-47-34-32-45(33-35-47)59-57(63)44-30-28-42(29-31-44)19-7-3-4-16-36-58-56(62)43-20-8-5-9-21-43/h1-2,5-6,8-11,20-23,28-35,48-49,51,53-55H,3-4,7,12-19,24-27,36-41H2,(H,58,62)(H,59,63)/b2-1-/t48?,49-,51+,53?,54?,55+/m0/s1. The maximum absolute atomic E-state index is 13.5. The quantitative estimate of drug-likeness (QED) is 0.0254. The van der Waals surface area contributed by atoms with Gasteiger partial charge in [0.15, 0.2) is 12.6 Å². The summed E-state index contributed by atoms with van der Waals surface area (Å²) in [7, 11) is 0. The Labute approximate surface area is 412 Å². The summed E-state index contributed by atoms with van der Waals surface area (Å²) in [6, 6.07) is 33.2. The summed E-state index contributed by atoms with van der Waals surface area (Å²) in [6.45, 7) is 2.43. The SMILES string of the molecule is O=C(CC/C=C\CC[C@H]1C(=O)C[C@@H](OC2CCCCO2)[C@@H]1OCC(COc1ccccc1)OC1CCCCO1)Oc1ccc(NC(=O)c2ccc(CCCCCCNC(=O)c3ccccc3)cc2)cc1. The lowest BCUT2D eigenvalue weighted by atomic mass is 9.97. The fourth-order valence-electron chi connectivity index (χ4n) is 8.91. The molecule has 1 saturated carbocycles. The number of Topliss-reactive ketones (excluding diaryl/α,β-unsaturated/α-hetero) is 1. The first-order chi connectivity index (χ1) is 34.4. The van der Waals surface area contributed by atoms with Gasteiger partial charge < -0.3 is 43.8 Å². The summed E-state index contributed by atoms with van der Waals surface area (Å²) in [5.41, 5.74) is 2.99. The zero-order chi connectivity index (χ0) is 48.6. The van der Waals surface area contributed by atoms with Gasteiger partial charge in [0.25, 0.3) is 11.8 Å².